The van der Waals surface area contributed by atoms with Crippen LogP contribution in [0.1, 0.15) is 31.4 Å². The predicted octanol–water partition coefficient (Wildman–Crippen LogP) is 3.19. The fourth-order valence-electron chi connectivity index (χ4n) is 1.33. The molecule has 0 spiro atoms. The zero-order chi connectivity index (χ0) is 12.0. The molecule has 0 saturated carbocycles. The number of unbranched alkanes of at least 4 members (excludes halogenated alkanes) is 1. The molecule has 0 amide bonds. The lowest BCUT2D eigenvalue weighted by atomic mass is 10.1. The third kappa shape index (κ3) is 3.66. The number of allylic oxidation sites excluding steroid dienone is 1. The minimum atomic E-state index is -0.353. The molecule has 0 bridgehead atoms. The molecule has 1 unspecified atom stereocenters. The lowest BCUT2D eigenvalue weighted by Gasteiger charge is -2.10. The van der Waals surface area contributed by atoms with E-state index in [1.807, 2.05) is 13.0 Å². The zero-order valence-electron chi connectivity index (χ0n) is 9.58. The van der Waals surface area contributed by atoms with Gasteiger partial charge >= 0.3 is 0 Å². The Hall–Kier alpha value is -1.35. The lowest BCUT2D eigenvalue weighted by molar-refractivity contribution is 0.296. The summed E-state index contributed by atoms with van der Waals surface area (Å²) in [7, 11) is 0. The van der Waals surface area contributed by atoms with Gasteiger partial charge in [-0.25, -0.2) is 4.39 Å². The molecule has 0 saturated heterocycles. The van der Waals surface area contributed by atoms with Gasteiger partial charge in [-0.2, -0.15) is 0 Å². The van der Waals surface area contributed by atoms with Crippen LogP contribution in [0.15, 0.2) is 30.9 Å². The molecular weight excluding hydrogens is 205 g/mol. The highest BCUT2D eigenvalue weighted by Crippen LogP contribution is 2.21. The maximum atomic E-state index is 13.5. The van der Waals surface area contributed by atoms with Crippen molar-refractivity contribution in [2.45, 2.75) is 25.8 Å². The van der Waals surface area contributed by atoms with Crippen molar-refractivity contribution in [3.8, 4) is 5.75 Å². The highest BCUT2D eigenvalue weighted by atomic mass is 19.1. The van der Waals surface area contributed by atoms with E-state index in [1.54, 1.807) is 12.1 Å². The first-order valence-electron chi connectivity index (χ1n) is 5.44. The van der Waals surface area contributed by atoms with Crippen molar-refractivity contribution in [3.63, 3.8) is 0 Å². The Labute approximate surface area is 95.9 Å². The maximum Gasteiger partial charge on any atom is 0.165 e. The van der Waals surface area contributed by atoms with Gasteiger partial charge in [0, 0.05) is 6.04 Å². The molecule has 1 aromatic rings. The minimum absolute atomic E-state index is 0.163. The first-order chi connectivity index (χ1) is 7.65. The van der Waals surface area contributed by atoms with Crippen molar-refractivity contribution in [2.24, 2.45) is 5.73 Å². The summed E-state index contributed by atoms with van der Waals surface area (Å²) >= 11 is 0. The van der Waals surface area contributed by atoms with Gasteiger partial charge in [-0.1, -0.05) is 12.1 Å². The molecule has 0 aliphatic carbocycles. The summed E-state index contributed by atoms with van der Waals surface area (Å²) in [5.74, 6) is -0.0677. The minimum Gasteiger partial charge on any atom is -0.491 e. The standard InChI is InChI=1S/C13H18FNO/c1-3-4-5-8-16-13-7-6-11(10(2)15)9-12(13)14/h3,6-7,9-10H,1,4-5,8,15H2,2H3. The first-order valence-corrected chi connectivity index (χ1v) is 5.44. The summed E-state index contributed by atoms with van der Waals surface area (Å²) in [6.45, 7) is 5.93. The summed E-state index contributed by atoms with van der Waals surface area (Å²) in [6, 6.07) is 4.68. The zero-order valence-corrected chi connectivity index (χ0v) is 9.58. The molecule has 0 fully saturated rings. The molecule has 3 heteroatoms. The Balaban J connectivity index is 2.57. The largest absolute Gasteiger partial charge is 0.491 e. The van der Waals surface area contributed by atoms with E-state index in [9.17, 15) is 4.39 Å². The Morgan fingerprint density at radius 1 is 1.56 bits per heavy atom. The van der Waals surface area contributed by atoms with Gasteiger partial charge in [-0.3, -0.25) is 0 Å². The van der Waals surface area contributed by atoms with Gasteiger partial charge in [0.2, 0.25) is 0 Å². The Kier molecular flexibility index (Phi) is 4.99. The van der Waals surface area contributed by atoms with Gasteiger partial charge in [0.15, 0.2) is 11.6 Å². The van der Waals surface area contributed by atoms with E-state index in [0.717, 1.165) is 18.4 Å². The quantitative estimate of drug-likeness (QED) is 0.593. The Morgan fingerprint density at radius 3 is 2.88 bits per heavy atom. The topological polar surface area (TPSA) is 35.2 Å². The SMILES string of the molecule is C=CCCCOc1ccc(C(C)N)cc1F. The molecule has 88 valence electrons. The summed E-state index contributed by atoms with van der Waals surface area (Å²) in [5.41, 5.74) is 6.43. The number of benzene rings is 1. The highest BCUT2D eigenvalue weighted by molar-refractivity contribution is 5.30. The second-order valence-electron chi connectivity index (χ2n) is 3.76. The van der Waals surface area contributed by atoms with Crippen LogP contribution in [0.5, 0.6) is 5.75 Å². The van der Waals surface area contributed by atoms with Crippen LogP contribution in [0.2, 0.25) is 0 Å². The Morgan fingerprint density at radius 2 is 2.31 bits per heavy atom. The average molecular weight is 223 g/mol. The molecule has 0 heterocycles. The lowest BCUT2D eigenvalue weighted by Crippen LogP contribution is -2.06. The van der Waals surface area contributed by atoms with Crippen molar-refractivity contribution in [2.75, 3.05) is 6.61 Å². The molecule has 0 aliphatic heterocycles. The fourth-order valence-corrected chi connectivity index (χ4v) is 1.33. The van der Waals surface area contributed by atoms with Crippen LogP contribution in [0.4, 0.5) is 4.39 Å². The number of halogens is 1. The summed E-state index contributed by atoms with van der Waals surface area (Å²) < 4.78 is 18.8. The molecule has 0 aliphatic rings. The smallest absolute Gasteiger partial charge is 0.165 e. The fraction of sp³-hybridized carbons (Fsp3) is 0.385. The van der Waals surface area contributed by atoms with E-state index < -0.39 is 0 Å². The van der Waals surface area contributed by atoms with Crippen LogP contribution in [0, 0.1) is 5.82 Å². The summed E-state index contributed by atoms with van der Waals surface area (Å²) in [5, 5.41) is 0. The van der Waals surface area contributed by atoms with Gasteiger partial charge in [-0.05, 0) is 37.5 Å². The third-order valence-electron chi connectivity index (χ3n) is 2.29. The molecule has 0 radical (unpaired) electrons. The summed E-state index contributed by atoms with van der Waals surface area (Å²) in [4.78, 5) is 0. The number of hydrogen-bond donors (Lipinski definition) is 1. The van der Waals surface area contributed by atoms with Crippen molar-refractivity contribution in [3.05, 3.63) is 42.2 Å². The second kappa shape index (κ2) is 6.28. The molecule has 1 aromatic carbocycles. The maximum absolute atomic E-state index is 13.5. The normalized spacial score (nSPS) is 12.2. The predicted molar refractivity (Wildman–Crippen MR) is 63.9 cm³/mol. The molecule has 16 heavy (non-hydrogen) atoms. The van der Waals surface area contributed by atoms with Crippen molar-refractivity contribution < 1.29 is 9.13 Å². The molecule has 1 rings (SSSR count). The van der Waals surface area contributed by atoms with Gasteiger partial charge in [-0.15, -0.1) is 6.58 Å². The van der Waals surface area contributed by atoms with E-state index in [2.05, 4.69) is 6.58 Å². The average Bonchev–Trinajstić information content (AvgIpc) is 2.26. The number of rotatable bonds is 6. The van der Waals surface area contributed by atoms with Crippen LogP contribution >= 0.6 is 0 Å². The number of hydrogen-bond acceptors (Lipinski definition) is 2. The Bertz CT molecular complexity index is 350. The van der Waals surface area contributed by atoms with Gasteiger partial charge < -0.3 is 10.5 Å². The van der Waals surface area contributed by atoms with Crippen LogP contribution in [-0.2, 0) is 0 Å². The number of ether oxygens (including phenoxy) is 1. The van der Waals surface area contributed by atoms with E-state index in [1.165, 1.54) is 6.07 Å². The number of nitrogens with two attached hydrogens (primary N) is 1. The van der Waals surface area contributed by atoms with Crippen molar-refractivity contribution in [1.29, 1.82) is 0 Å². The van der Waals surface area contributed by atoms with Gasteiger partial charge in [0.25, 0.3) is 0 Å². The van der Waals surface area contributed by atoms with Gasteiger partial charge in [0.1, 0.15) is 0 Å². The molecule has 1 atom stereocenters. The molecule has 0 aromatic heterocycles. The van der Waals surface area contributed by atoms with Crippen LogP contribution in [-0.4, -0.2) is 6.61 Å². The highest BCUT2D eigenvalue weighted by Gasteiger charge is 2.06. The molecule has 2 nitrogen and oxygen atoms in total. The van der Waals surface area contributed by atoms with Crippen LogP contribution in [0.3, 0.4) is 0 Å². The van der Waals surface area contributed by atoms with E-state index in [4.69, 9.17) is 10.5 Å². The van der Waals surface area contributed by atoms with Crippen LogP contribution < -0.4 is 10.5 Å². The van der Waals surface area contributed by atoms with Crippen molar-refractivity contribution in [1.82, 2.24) is 0 Å². The summed E-state index contributed by atoms with van der Waals surface area (Å²) in [6.07, 6.45) is 3.54. The monoisotopic (exact) mass is 223 g/mol. The van der Waals surface area contributed by atoms with Crippen molar-refractivity contribution >= 4 is 0 Å². The second-order valence-corrected chi connectivity index (χ2v) is 3.76. The van der Waals surface area contributed by atoms with E-state index in [0.29, 0.717) is 6.61 Å². The first kappa shape index (κ1) is 12.7. The molecular formula is C13H18FNO. The van der Waals surface area contributed by atoms with Crippen LogP contribution in [0.25, 0.3) is 0 Å². The van der Waals surface area contributed by atoms with Gasteiger partial charge in [0.05, 0.1) is 6.61 Å². The molecule has 2 N–H and O–H groups in total. The third-order valence-corrected chi connectivity index (χ3v) is 2.29. The van der Waals surface area contributed by atoms with E-state index >= 15 is 0 Å². The van der Waals surface area contributed by atoms with E-state index in [-0.39, 0.29) is 17.6 Å².